The van der Waals surface area contributed by atoms with Crippen molar-refractivity contribution in [2.24, 2.45) is 14.1 Å². The van der Waals surface area contributed by atoms with E-state index in [1.165, 1.54) is 29.8 Å². The van der Waals surface area contributed by atoms with E-state index in [2.05, 4.69) is 10.3 Å². The summed E-state index contributed by atoms with van der Waals surface area (Å²) in [6.07, 6.45) is 5.34. The van der Waals surface area contributed by atoms with Crippen LogP contribution in [0.3, 0.4) is 0 Å². The quantitative estimate of drug-likeness (QED) is 0.434. The van der Waals surface area contributed by atoms with Gasteiger partial charge in [0.05, 0.1) is 5.75 Å². The van der Waals surface area contributed by atoms with E-state index in [1.54, 1.807) is 19.2 Å². The summed E-state index contributed by atoms with van der Waals surface area (Å²) in [4.78, 5) is 47.5. The van der Waals surface area contributed by atoms with E-state index in [-0.39, 0.29) is 23.0 Å². The summed E-state index contributed by atoms with van der Waals surface area (Å²) >= 11 is 7.32. The lowest BCUT2D eigenvalue weighted by atomic mass is 9.89. The normalized spacial score (nSPS) is 14.5. The Bertz CT molecular complexity index is 1340. The van der Waals surface area contributed by atoms with Gasteiger partial charge in [-0.05, 0) is 37.5 Å². The molecule has 1 saturated carbocycles. The third-order valence-electron chi connectivity index (χ3n) is 6.05. The van der Waals surface area contributed by atoms with Crippen molar-refractivity contribution in [1.29, 1.82) is 0 Å². The number of carbonyl (C=O) groups excluding carboxylic acids is 1. The molecule has 0 spiro atoms. The van der Waals surface area contributed by atoms with Crippen LogP contribution in [0, 0.1) is 6.92 Å². The van der Waals surface area contributed by atoms with E-state index in [4.69, 9.17) is 16.6 Å². The molecular weight excluding hydrogens is 462 g/mol. The van der Waals surface area contributed by atoms with Gasteiger partial charge < -0.3 is 5.32 Å². The number of rotatable bonds is 5. The van der Waals surface area contributed by atoms with Crippen LogP contribution in [0.15, 0.2) is 32.8 Å². The minimum Gasteiger partial charge on any atom is -0.325 e. The van der Waals surface area contributed by atoms with Crippen LogP contribution >= 0.6 is 23.4 Å². The van der Waals surface area contributed by atoms with E-state index in [9.17, 15) is 14.4 Å². The molecule has 8 nitrogen and oxygen atoms in total. The number of nitrogens with one attached hydrogen (secondary N) is 1. The van der Waals surface area contributed by atoms with Crippen LogP contribution in [0.4, 0.5) is 5.69 Å². The average molecular weight is 488 g/mol. The Hall–Kier alpha value is -2.65. The highest BCUT2D eigenvalue weighted by Gasteiger charge is 2.23. The fourth-order valence-corrected chi connectivity index (χ4v) is 5.10. The zero-order valence-corrected chi connectivity index (χ0v) is 20.4. The number of nitrogens with zero attached hydrogens (tertiary/aromatic N) is 4. The number of aryl methyl sites for hydroxylation is 2. The molecule has 1 fully saturated rings. The number of anilines is 1. The molecule has 2 heterocycles. The Kier molecular flexibility index (Phi) is 6.90. The number of aromatic nitrogens is 4. The molecule has 174 valence electrons. The van der Waals surface area contributed by atoms with Gasteiger partial charge in [-0.3, -0.25) is 18.7 Å². The van der Waals surface area contributed by atoms with Gasteiger partial charge in [0.15, 0.2) is 5.65 Å². The van der Waals surface area contributed by atoms with Crippen molar-refractivity contribution in [3.63, 3.8) is 0 Å². The van der Waals surface area contributed by atoms with Crippen LogP contribution in [0.25, 0.3) is 11.0 Å². The molecule has 1 amide bonds. The van der Waals surface area contributed by atoms with E-state index in [0.717, 1.165) is 35.8 Å². The molecule has 1 aliphatic carbocycles. The van der Waals surface area contributed by atoms with Crippen molar-refractivity contribution >= 4 is 46.0 Å². The van der Waals surface area contributed by atoms with Gasteiger partial charge in [0, 0.05) is 30.7 Å². The number of hydrogen-bond acceptors (Lipinski definition) is 6. The predicted octanol–water partition coefficient (Wildman–Crippen LogP) is 3.77. The monoisotopic (exact) mass is 487 g/mol. The van der Waals surface area contributed by atoms with Crippen molar-refractivity contribution in [3.8, 4) is 0 Å². The lowest BCUT2D eigenvalue weighted by Crippen LogP contribution is -2.38. The van der Waals surface area contributed by atoms with Gasteiger partial charge in [0.1, 0.15) is 16.2 Å². The first kappa shape index (κ1) is 23.5. The van der Waals surface area contributed by atoms with Crippen molar-refractivity contribution in [2.75, 3.05) is 11.1 Å². The average Bonchev–Trinajstić information content (AvgIpc) is 2.82. The molecule has 0 radical (unpaired) electrons. The Morgan fingerprint density at radius 1 is 1.15 bits per heavy atom. The van der Waals surface area contributed by atoms with E-state index < -0.39 is 11.2 Å². The highest BCUT2D eigenvalue weighted by Crippen LogP contribution is 2.33. The van der Waals surface area contributed by atoms with Gasteiger partial charge in [-0.15, -0.1) is 0 Å². The molecule has 1 N–H and O–H groups in total. The SMILES string of the molecule is Cc1ccc(NC(=O)CSc2nc(C3CCCCC3)nc3c2c(=O)n(C)c(=O)n3C)cc1Cl. The Morgan fingerprint density at radius 3 is 2.58 bits per heavy atom. The molecule has 0 aliphatic heterocycles. The van der Waals surface area contributed by atoms with Gasteiger partial charge >= 0.3 is 5.69 Å². The van der Waals surface area contributed by atoms with E-state index >= 15 is 0 Å². The molecule has 10 heteroatoms. The second kappa shape index (κ2) is 9.69. The second-order valence-corrected chi connectivity index (χ2v) is 9.80. The lowest BCUT2D eigenvalue weighted by Gasteiger charge is -2.21. The highest BCUT2D eigenvalue weighted by atomic mass is 35.5. The fraction of sp³-hybridized carbons (Fsp3) is 0.435. The zero-order chi connectivity index (χ0) is 23.7. The highest BCUT2D eigenvalue weighted by molar-refractivity contribution is 8.00. The molecular formula is C23H26ClN5O3S. The molecule has 0 unspecified atom stereocenters. The topological polar surface area (TPSA) is 98.9 Å². The summed E-state index contributed by atoms with van der Waals surface area (Å²) in [5.74, 6) is 0.629. The number of halogens is 1. The number of carbonyl (C=O) groups is 1. The molecule has 2 aromatic heterocycles. The maximum absolute atomic E-state index is 13.0. The number of benzene rings is 1. The molecule has 1 aliphatic rings. The number of hydrogen-bond donors (Lipinski definition) is 1. The van der Waals surface area contributed by atoms with Crippen LogP contribution in [-0.2, 0) is 18.9 Å². The zero-order valence-electron chi connectivity index (χ0n) is 18.9. The molecule has 0 saturated heterocycles. The van der Waals surface area contributed by atoms with Gasteiger partial charge in [-0.25, -0.2) is 14.8 Å². The maximum atomic E-state index is 13.0. The van der Waals surface area contributed by atoms with Crippen LogP contribution in [-0.4, -0.2) is 30.8 Å². The van der Waals surface area contributed by atoms with Crippen LogP contribution in [0.1, 0.15) is 49.4 Å². The van der Waals surface area contributed by atoms with E-state index in [0.29, 0.717) is 27.2 Å². The summed E-state index contributed by atoms with van der Waals surface area (Å²) in [6, 6.07) is 5.33. The van der Waals surface area contributed by atoms with Crippen LogP contribution in [0.5, 0.6) is 0 Å². The molecule has 0 bridgehead atoms. The summed E-state index contributed by atoms with van der Waals surface area (Å²) in [7, 11) is 3.03. The fourth-order valence-electron chi connectivity index (χ4n) is 4.09. The summed E-state index contributed by atoms with van der Waals surface area (Å²) < 4.78 is 2.42. The third-order valence-corrected chi connectivity index (χ3v) is 7.43. The molecule has 1 aromatic carbocycles. The molecule has 3 aromatic rings. The summed E-state index contributed by atoms with van der Waals surface area (Å²) in [6.45, 7) is 1.89. The largest absolute Gasteiger partial charge is 0.332 e. The van der Waals surface area contributed by atoms with Crippen molar-refractivity contribution in [1.82, 2.24) is 19.1 Å². The van der Waals surface area contributed by atoms with Gasteiger partial charge in [-0.2, -0.15) is 0 Å². The van der Waals surface area contributed by atoms with Crippen molar-refractivity contribution in [2.45, 2.75) is 50.0 Å². The number of fused-ring (bicyclic) bond motifs is 1. The minimum absolute atomic E-state index is 0.0493. The Labute approximate surface area is 200 Å². The van der Waals surface area contributed by atoms with Crippen LogP contribution < -0.4 is 16.6 Å². The molecule has 4 rings (SSSR count). The molecule has 0 atom stereocenters. The molecule has 33 heavy (non-hydrogen) atoms. The smallest absolute Gasteiger partial charge is 0.325 e. The number of amides is 1. The maximum Gasteiger partial charge on any atom is 0.332 e. The second-order valence-electron chi connectivity index (χ2n) is 8.43. The van der Waals surface area contributed by atoms with Gasteiger partial charge in [0.2, 0.25) is 5.91 Å². The summed E-state index contributed by atoms with van der Waals surface area (Å²) in [5.41, 5.74) is 0.937. The Balaban J connectivity index is 1.68. The third kappa shape index (κ3) is 4.84. The first-order valence-corrected chi connectivity index (χ1v) is 12.3. The first-order chi connectivity index (χ1) is 15.8. The number of thioether (sulfide) groups is 1. The van der Waals surface area contributed by atoms with E-state index in [1.807, 2.05) is 13.0 Å². The van der Waals surface area contributed by atoms with Crippen LogP contribution in [0.2, 0.25) is 5.02 Å². The van der Waals surface area contributed by atoms with Gasteiger partial charge in [-0.1, -0.05) is 48.7 Å². The van der Waals surface area contributed by atoms with Crippen molar-refractivity contribution in [3.05, 3.63) is 55.4 Å². The first-order valence-electron chi connectivity index (χ1n) is 10.9. The standard InChI is InChI=1S/C23H26ClN5O3S/c1-13-9-10-15(11-16(13)24)25-17(30)12-33-21-18-20(28(2)23(32)29(3)22(18)31)26-19(27-21)14-7-5-4-6-8-14/h9-11,14H,4-8,12H2,1-3H3,(H,25,30). The Morgan fingerprint density at radius 2 is 1.88 bits per heavy atom. The van der Waals surface area contributed by atoms with Crippen molar-refractivity contribution < 1.29 is 4.79 Å². The predicted molar refractivity (Wildman–Crippen MR) is 131 cm³/mol. The van der Waals surface area contributed by atoms with Gasteiger partial charge in [0.25, 0.3) is 5.56 Å². The lowest BCUT2D eigenvalue weighted by molar-refractivity contribution is -0.113. The summed E-state index contributed by atoms with van der Waals surface area (Å²) in [5, 5.41) is 4.08. The minimum atomic E-state index is -0.462.